The molecule has 0 radical (unpaired) electrons. The summed E-state index contributed by atoms with van der Waals surface area (Å²) >= 11 is 0. The van der Waals surface area contributed by atoms with Gasteiger partial charge in [0.15, 0.2) is 8.32 Å². The van der Waals surface area contributed by atoms with Gasteiger partial charge in [0.25, 0.3) is 0 Å². The van der Waals surface area contributed by atoms with E-state index < -0.39 is 20.6 Å². The summed E-state index contributed by atoms with van der Waals surface area (Å²) in [7, 11) is -1.58. The Bertz CT molecular complexity index is 212. The molecule has 0 fully saturated rings. The second kappa shape index (κ2) is 6.88. The lowest BCUT2D eigenvalue weighted by Gasteiger charge is -2.20. The Balaban J connectivity index is 3.70. The fourth-order valence-electron chi connectivity index (χ4n) is 0.788. The van der Waals surface area contributed by atoms with Crippen LogP contribution >= 0.6 is 0 Å². The van der Waals surface area contributed by atoms with Crippen LogP contribution in [0.25, 0.3) is 0 Å². The number of carbonyl (C=O) groups is 1. The molecule has 2 unspecified atom stereocenters. The SMILES string of the molecule is CC(O)COC(=O)OC(C)CO[Si](C)(C)C. The average Bonchev–Trinajstić information content (AvgIpc) is 2.10. The van der Waals surface area contributed by atoms with Gasteiger partial charge in [-0.2, -0.15) is 0 Å². The van der Waals surface area contributed by atoms with Crippen molar-refractivity contribution >= 4 is 14.5 Å². The number of hydrogen-bond acceptors (Lipinski definition) is 5. The Kier molecular flexibility index (Phi) is 6.62. The van der Waals surface area contributed by atoms with Gasteiger partial charge in [0, 0.05) is 0 Å². The van der Waals surface area contributed by atoms with Gasteiger partial charge in [-0.15, -0.1) is 0 Å². The number of hydrogen-bond donors (Lipinski definition) is 1. The predicted octanol–water partition coefficient (Wildman–Crippen LogP) is 1.76. The second-order valence-corrected chi connectivity index (χ2v) is 9.28. The van der Waals surface area contributed by atoms with Crippen LogP contribution in [0.15, 0.2) is 0 Å². The van der Waals surface area contributed by atoms with Gasteiger partial charge in [0.1, 0.15) is 12.7 Å². The molecular formula is C10H22O5Si. The van der Waals surface area contributed by atoms with E-state index in [4.69, 9.17) is 14.3 Å². The molecule has 0 aromatic carbocycles. The van der Waals surface area contributed by atoms with Gasteiger partial charge in [0.05, 0.1) is 12.7 Å². The van der Waals surface area contributed by atoms with Gasteiger partial charge >= 0.3 is 6.16 Å². The van der Waals surface area contributed by atoms with E-state index in [9.17, 15) is 4.79 Å². The molecule has 96 valence electrons. The van der Waals surface area contributed by atoms with Gasteiger partial charge in [-0.3, -0.25) is 0 Å². The van der Waals surface area contributed by atoms with Crippen molar-refractivity contribution in [1.82, 2.24) is 0 Å². The first-order valence-electron chi connectivity index (χ1n) is 5.36. The van der Waals surface area contributed by atoms with Gasteiger partial charge in [-0.05, 0) is 33.5 Å². The van der Waals surface area contributed by atoms with Crippen LogP contribution in [-0.4, -0.2) is 45.0 Å². The summed E-state index contributed by atoms with van der Waals surface area (Å²) in [6.07, 6.45) is -1.79. The van der Waals surface area contributed by atoms with Gasteiger partial charge < -0.3 is 19.0 Å². The Morgan fingerprint density at radius 3 is 2.25 bits per heavy atom. The highest BCUT2D eigenvalue weighted by Crippen LogP contribution is 2.05. The van der Waals surface area contributed by atoms with Crippen LogP contribution in [0, 0.1) is 0 Å². The number of aliphatic hydroxyl groups excluding tert-OH is 1. The molecule has 0 aliphatic rings. The largest absolute Gasteiger partial charge is 0.508 e. The average molecular weight is 250 g/mol. The lowest BCUT2D eigenvalue weighted by molar-refractivity contribution is -0.00548. The highest BCUT2D eigenvalue weighted by molar-refractivity contribution is 6.69. The summed E-state index contributed by atoms with van der Waals surface area (Å²) in [5.41, 5.74) is 0. The molecule has 0 amide bonds. The maximum Gasteiger partial charge on any atom is 0.508 e. The van der Waals surface area contributed by atoms with Crippen molar-refractivity contribution in [2.75, 3.05) is 13.2 Å². The molecule has 0 rings (SSSR count). The third-order valence-corrected chi connectivity index (χ3v) is 2.52. The summed E-state index contributed by atoms with van der Waals surface area (Å²) in [4.78, 5) is 11.1. The summed E-state index contributed by atoms with van der Waals surface area (Å²) in [5.74, 6) is 0. The van der Waals surface area contributed by atoms with Gasteiger partial charge in [-0.1, -0.05) is 0 Å². The number of aliphatic hydroxyl groups is 1. The number of rotatable bonds is 6. The van der Waals surface area contributed by atoms with Crippen molar-refractivity contribution in [1.29, 1.82) is 0 Å². The van der Waals surface area contributed by atoms with E-state index in [0.717, 1.165) is 0 Å². The highest BCUT2D eigenvalue weighted by Gasteiger charge is 2.18. The molecular weight excluding hydrogens is 228 g/mol. The molecule has 0 heterocycles. The van der Waals surface area contributed by atoms with Crippen LogP contribution in [0.2, 0.25) is 19.6 Å². The normalized spacial score (nSPS) is 15.4. The molecule has 2 atom stereocenters. The first-order valence-corrected chi connectivity index (χ1v) is 8.77. The maximum absolute atomic E-state index is 11.1. The fourth-order valence-corrected chi connectivity index (χ4v) is 1.52. The zero-order chi connectivity index (χ0) is 12.8. The first kappa shape index (κ1) is 15.4. The molecule has 0 aromatic rings. The Morgan fingerprint density at radius 2 is 1.81 bits per heavy atom. The smallest absolute Gasteiger partial charge is 0.432 e. The van der Waals surface area contributed by atoms with Crippen LogP contribution in [0.3, 0.4) is 0 Å². The minimum absolute atomic E-state index is 0.0551. The van der Waals surface area contributed by atoms with Crippen molar-refractivity contribution < 1.29 is 23.8 Å². The van der Waals surface area contributed by atoms with Crippen LogP contribution < -0.4 is 0 Å². The van der Waals surface area contributed by atoms with Gasteiger partial charge in [0.2, 0.25) is 0 Å². The molecule has 0 spiro atoms. The molecule has 0 aromatic heterocycles. The van der Waals surface area contributed by atoms with Crippen LogP contribution in [0.1, 0.15) is 13.8 Å². The summed E-state index contributed by atoms with van der Waals surface area (Å²) in [5, 5.41) is 8.89. The van der Waals surface area contributed by atoms with Crippen molar-refractivity contribution in [2.24, 2.45) is 0 Å². The third kappa shape index (κ3) is 9.94. The van der Waals surface area contributed by atoms with Crippen molar-refractivity contribution in [3.05, 3.63) is 0 Å². The Labute approximate surface area is 97.8 Å². The molecule has 1 N–H and O–H groups in total. The Morgan fingerprint density at radius 1 is 1.25 bits per heavy atom. The van der Waals surface area contributed by atoms with Crippen LogP contribution in [-0.2, 0) is 13.9 Å². The lowest BCUT2D eigenvalue weighted by Crippen LogP contribution is -2.31. The molecule has 0 aliphatic heterocycles. The van der Waals surface area contributed by atoms with Crippen molar-refractivity contribution in [3.8, 4) is 0 Å². The molecule has 0 aliphatic carbocycles. The third-order valence-electron chi connectivity index (χ3n) is 1.49. The summed E-state index contributed by atoms with van der Waals surface area (Å²) in [6, 6.07) is 0. The van der Waals surface area contributed by atoms with E-state index in [0.29, 0.717) is 6.61 Å². The minimum Gasteiger partial charge on any atom is -0.432 e. The zero-order valence-corrected chi connectivity index (χ0v) is 11.6. The second-order valence-electron chi connectivity index (χ2n) is 4.76. The van der Waals surface area contributed by atoms with Crippen molar-refractivity contribution in [3.63, 3.8) is 0 Å². The van der Waals surface area contributed by atoms with Gasteiger partial charge in [-0.25, -0.2) is 4.79 Å². The highest BCUT2D eigenvalue weighted by atomic mass is 28.4. The monoisotopic (exact) mass is 250 g/mol. The fraction of sp³-hybridized carbons (Fsp3) is 0.900. The van der Waals surface area contributed by atoms with Crippen LogP contribution in [0.5, 0.6) is 0 Å². The van der Waals surface area contributed by atoms with E-state index in [1.54, 1.807) is 6.92 Å². The standard InChI is InChI=1S/C10H22O5Si/c1-8(11)6-13-10(12)15-9(2)7-14-16(3,4)5/h8-9,11H,6-7H2,1-5H3. The number of carbonyl (C=O) groups excluding carboxylic acids is 1. The van der Waals surface area contributed by atoms with E-state index >= 15 is 0 Å². The zero-order valence-electron chi connectivity index (χ0n) is 10.6. The predicted molar refractivity (Wildman–Crippen MR) is 62.9 cm³/mol. The van der Waals surface area contributed by atoms with E-state index in [-0.39, 0.29) is 12.7 Å². The molecule has 16 heavy (non-hydrogen) atoms. The van der Waals surface area contributed by atoms with Crippen molar-refractivity contribution in [2.45, 2.75) is 45.7 Å². The first-order chi connectivity index (χ1) is 7.20. The molecule has 0 bridgehead atoms. The summed E-state index contributed by atoms with van der Waals surface area (Å²) in [6.45, 7) is 9.77. The topological polar surface area (TPSA) is 65.0 Å². The molecule has 0 saturated carbocycles. The molecule has 5 nitrogen and oxygen atoms in total. The minimum atomic E-state index is -1.58. The molecule has 6 heteroatoms. The number of ether oxygens (including phenoxy) is 2. The quantitative estimate of drug-likeness (QED) is 0.575. The van der Waals surface area contributed by atoms with E-state index in [2.05, 4.69) is 24.4 Å². The summed E-state index contributed by atoms with van der Waals surface area (Å²) < 4.78 is 15.1. The van der Waals surface area contributed by atoms with E-state index in [1.807, 2.05) is 0 Å². The maximum atomic E-state index is 11.1. The van der Waals surface area contributed by atoms with E-state index in [1.165, 1.54) is 6.92 Å². The lowest BCUT2D eigenvalue weighted by atomic mass is 10.4. The van der Waals surface area contributed by atoms with Crippen LogP contribution in [0.4, 0.5) is 4.79 Å². The Hall–Kier alpha value is -0.593. The molecule has 0 saturated heterocycles.